The number of carbonyl (C=O) groups excluding carboxylic acids is 2. The molecule has 0 atom stereocenters. The summed E-state index contributed by atoms with van der Waals surface area (Å²) < 4.78 is 0. The van der Waals surface area contributed by atoms with Crippen LogP contribution in [0.4, 0.5) is 5.69 Å². The quantitative estimate of drug-likeness (QED) is 0.654. The lowest BCUT2D eigenvalue weighted by atomic mass is 10.1. The number of amides is 2. The maximum atomic E-state index is 13.0. The zero-order valence-corrected chi connectivity index (χ0v) is 17.9. The third-order valence-electron chi connectivity index (χ3n) is 4.74. The summed E-state index contributed by atoms with van der Waals surface area (Å²) in [4.78, 5) is 33.8. The molecule has 0 bridgehead atoms. The van der Waals surface area contributed by atoms with Crippen molar-refractivity contribution in [3.63, 3.8) is 0 Å². The van der Waals surface area contributed by atoms with Crippen LogP contribution in [0.2, 0.25) is 0 Å². The molecule has 1 aliphatic heterocycles. The van der Waals surface area contributed by atoms with Crippen molar-refractivity contribution in [3.8, 4) is 0 Å². The van der Waals surface area contributed by atoms with E-state index in [9.17, 15) is 9.59 Å². The summed E-state index contributed by atoms with van der Waals surface area (Å²) in [6, 6.07) is 13.2. The molecule has 0 saturated heterocycles. The van der Waals surface area contributed by atoms with Gasteiger partial charge in [0.15, 0.2) is 0 Å². The van der Waals surface area contributed by atoms with Crippen LogP contribution >= 0.6 is 23.1 Å². The first kappa shape index (κ1) is 19.7. The molecule has 1 aliphatic rings. The molecule has 148 valence electrons. The van der Waals surface area contributed by atoms with Gasteiger partial charge in [0.2, 0.25) is 0 Å². The minimum absolute atomic E-state index is 0.0363. The van der Waals surface area contributed by atoms with E-state index in [1.54, 1.807) is 28.0 Å². The number of rotatable bonds is 5. The van der Waals surface area contributed by atoms with E-state index >= 15 is 0 Å². The lowest BCUT2D eigenvalue weighted by molar-refractivity contribution is 0.0950. The Balaban J connectivity index is 1.55. The number of nitrogens with zero attached hydrogens (tertiary/aromatic N) is 2. The Bertz CT molecular complexity index is 1080. The van der Waals surface area contributed by atoms with Gasteiger partial charge in [-0.2, -0.15) is 0 Å². The first-order valence-corrected chi connectivity index (χ1v) is 11.2. The first-order chi connectivity index (χ1) is 14.1. The third-order valence-corrected chi connectivity index (χ3v) is 6.71. The smallest absolute Gasteiger partial charge is 0.259 e. The summed E-state index contributed by atoms with van der Waals surface area (Å²) >= 11 is 3.17. The van der Waals surface area contributed by atoms with Crippen LogP contribution in [0.1, 0.15) is 38.3 Å². The number of hydrogen-bond acceptors (Lipinski definition) is 5. The topological polar surface area (TPSA) is 62.3 Å². The maximum Gasteiger partial charge on any atom is 0.259 e. The third kappa shape index (κ3) is 4.06. The molecule has 1 N–H and O–H groups in total. The molecule has 2 aromatic carbocycles. The number of anilines is 1. The Morgan fingerprint density at radius 2 is 2.00 bits per heavy atom. The molecule has 4 rings (SSSR count). The molecule has 2 heterocycles. The van der Waals surface area contributed by atoms with Gasteiger partial charge in [0.05, 0.1) is 22.0 Å². The number of nitrogens with one attached hydrogen (secondary N) is 1. The highest BCUT2D eigenvalue weighted by atomic mass is 32.2. The number of fused-ring (bicyclic) bond motifs is 2. The van der Waals surface area contributed by atoms with Gasteiger partial charge in [-0.15, -0.1) is 11.3 Å². The average Bonchev–Trinajstić information content (AvgIpc) is 3.09. The highest BCUT2D eigenvalue weighted by Crippen LogP contribution is 2.41. The fourth-order valence-corrected chi connectivity index (χ4v) is 5.01. The molecular formula is C22H21N3O2S2. The van der Waals surface area contributed by atoms with Crippen LogP contribution in [0.5, 0.6) is 0 Å². The van der Waals surface area contributed by atoms with E-state index < -0.39 is 0 Å². The summed E-state index contributed by atoms with van der Waals surface area (Å²) in [6.45, 7) is 4.98. The molecular weight excluding hydrogens is 402 g/mol. The molecule has 1 aromatic heterocycles. The molecule has 0 fully saturated rings. The van der Waals surface area contributed by atoms with E-state index in [0.717, 1.165) is 26.2 Å². The number of carbonyl (C=O) groups is 2. The maximum absolute atomic E-state index is 13.0. The van der Waals surface area contributed by atoms with E-state index in [-0.39, 0.29) is 11.8 Å². The van der Waals surface area contributed by atoms with Gasteiger partial charge in [-0.1, -0.05) is 23.9 Å². The largest absolute Gasteiger partial charge is 0.352 e. The molecule has 7 heteroatoms. The van der Waals surface area contributed by atoms with E-state index in [0.29, 0.717) is 30.6 Å². The highest BCUT2D eigenvalue weighted by molar-refractivity contribution is 7.99. The van der Waals surface area contributed by atoms with Crippen LogP contribution in [0, 0.1) is 6.92 Å². The molecule has 0 radical (unpaired) electrons. The van der Waals surface area contributed by atoms with Crippen molar-refractivity contribution in [3.05, 3.63) is 69.7 Å². The summed E-state index contributed by atoms with van der Waals surface area (Å²) in [7, 11) is 0. The van der Waals surface area contributed by atoms with Crippen LogP contribution in [0.15, 0.2) is 57.6 Å². The van der Waals surface area contributed by atoms with Gasteiger partial charge in [0.1, 0.15) is 0 Å². The fraction of sp³-hybridized carbons (Fsp3) is 0.227. The van der Waals surface area contributed by atoms with Crippen molar-refractivity contribution in [1.82, 2.24) is 10.3 Å². The van der Waals surface area contributed by atoms with Crippen molar-refractivity contribution < 1.29 is 9.59 Å². The summed E-state index contributed by atoms with van der Waals surface area (Å²) in [5.41, 5.74) is 3.02. The Morgan fingerprint density at radius 1 is 1.17 bits per heavy atom. The van der Waals surface area contributed by atoms with Crippen LogP contribution in [0.25, 0.3) is 0 Å². The second kappa shape index (κ2) is 8.39. The summed E-state index contributed by atoms with van der Waals surface area (Å²) in [6.07, 6.45) is 0.700. The monoisotopic (exact) mass is 423 g/mol. The molecule has 0 spiro atoms. The van der Waals surface area contributed by atoms with Crippen molar-refractivity contribution in [2.24, 2.45) is 0 Å². The normalized spacial score (nSPS) is 12.9. The molecule has 0 aliphatic carbocycles. The molecule has 5 nitrogen and oxygen atoms in total. The van der Waals surface area contributed by atoms with E-state index in [2.05, 4.69) is 10.3 Å². The van der Waals surface area contributed by atoms with Gasteiger partial charge in [-0.3, -0.25) is 9.59 Å². The van der Waals surface area contributed by atoms with Gasteiger partial charge < -0.3 is 10.2 Å². The average molecular weight is 424 g/mol. The minimum atomic E-state index is -0.144. The van der Waals surface area contributed by atoms with Gasteiger partial charge in [-0.25, -0.2) is 4.98 Å². The lowest BCUT2D eigenvalue weighted by Gasteiger charge is -2.21. The van der Waals surface area contributed by atoms with E-state index in [1.807, 2.05) is 61.7 Å². The minimum Gasteiger partial charge on any atom is -0.352 e. The van der Waals surface area contributed by atoms with Crippen molar-refractivity contribution in [1.29, 1.82) is 0 Å². The lowest BCUT2D eigenvalue weighted by Crippen LogP contribution is -2.31. The van der Waals surface area contributed by atoms with Gasteiger partial charge in [-0.05, 0) is 44.2 Å². The van der Waals surface area contributed by atoms with Crippen molar-refractivity contribution in [2.45, 2.75) is 30.1 Å². The predicted molar refractivity (Wildman–Crippen MR) is 117 cm³/mol. The molecule has 29 heavy (non-hydrogen) atoms. The van der Waals surface area contributed by atoms with Crippen LogP contribution in [-0.4, -0.2) is 29.9 Å². The van der Waals surface area contributed by atoms with Gasteiger partial charge >= 0.3 is 0 Å². The molecule has 0 saturated carbocycles. The predicted octanol–water partition coefficient (Wildman–Crippen LogP) is 4.56. The number of hydrogen-bond donors (Lipinski definition) is 1. The fourth-order valence-electron chi connectivity index (χ4n) is 3.30. The molecule has 0 unspecified atom stereocenters. The highest BCUT2D eigenvalue weighted by Gasteiger charge is 2.26. The standard InChI is InChI=1S/C22H21N3O2S2/c1-3-25-18-12-15(21(26)23-11-10-16-13-28-14(2)24-16)8-9-20(18)29-19-7-5-4-6-17(19)22(25)27/h4-9,12-13H,3,10-11H2,1-2H3,(H,23,26). The Hall–Kier alpha value is -2.64. The Labute approximate surface area is 178 Å². The number of thiazole rings is 1. The van der Waals surface area contributed by atoms with Crippen LogP contribution in [0.3, 0.4) is 0 Å². The number of aryl methyl sites for hydroxylation is 1. The second-order valence-electron chi connectivity index (χ2n) is 6.69. The van der Waals surface area contributed by atoms with Crippen LogP contribution in [-0.2, 0) is 6.42 Å². The zero-order valence-electron chi connectivity index (χ0n) is 16.3. The van der Waals surface area contributed by atoms with Gasteiger partial charge in [0, 0.05) is 40.2 Å². The van der Waals surface area contributed by atoms with E-state index in [1.165, 1.54) is 0 Å². The second-order valence-corrected chi connectivity index (χ2v) is 8.84. The van der Waals surface area contributed by atoms with Crippen LogP contribution < -0.4 is 10.2 Å². The first-order valence-electron chi connectivity index (χ1n) is 9.49. The van der Waals surface area contributed by atoms with Crippen molar-refractivity contribution >= 4 is 40.6 Å². The van der Waals surface area contributed by atoms with Gasteiger partial charge in [0.25, 0.3) is 11.8 Å². The van der Waals surface area contributed by atoms with Crippen molar-refractivity contribution in [2.75, 3.05) is 18.0 Å². The molecule has 3 aromatic rings. The zero-order chi connectivity index (χ0) is 20.4. The summed E-state index contributed by atoms with van der Waals surface area (Å²) in [5, 5.41) is 6.00. The number of aromatic nitrogens is 1. The Kier molecular flexibility index (Phi) is 5.69. The van der Waals surface area contributed by atoms with E-state index in [4.69, 9.17) is 0 Å². The molecule has 2 amide bonds. The summed E-state index contributed by atoms with van der Waals surface area (Å²) in [5.74, 6) is -0.180. The SMILES string of the molecule is CCN1C(=O)c2ccccc2Sc2ccc(C(=O)NCCc3csc(C)n3)cc21. The Morgan fingerprint density at radius 3 is 2.76 bits per heavy atom. The number of benzene rings is 2.